The number of para-hydroxylation sites is 1. The van der Waals surface area contributed by atoms with Gasteiger partial charge >= 0.3 is 11.9 Å². The Morgan fingerprint density at radius 1 is 0.824 bits per heavy atom. The Labute approximate surface area is 190 Å². The molecular weight excluding hydrogens is 451 g/mol. The molecule has 7 nitrogen and oxygen atoms in total. The van der Waals surface area contributed by atoms with Crippen LogP contribution in [0.25, 0.3) is 10.9 Å². The highest BCUT2D eigenvalue weighted by Crippen LogP contribution is 2.29. The second-order valence-electron chi connectivity index (χ2n) is 7.61. The van der Waals surface area contributed by atoms with E-state index in [1.54, 1.807) is 36.4 Å². The fraction of sp³-hybridized carbons (Fsp3) is 0.125. The Balaban J connectivity index is 1.76. The largest absolute Gasteiger partial charge is 0.416 e. The topological polar surface area (TPSA) is 93.3 Å². The van der Waals surface area contributed by atoms with Crippen molar-refractivity contribution in [1.29, 1.82) is 0 Å². The van der Waals surface area contributed by atoms with E-state index in [0.29, 0.717) is 16.6 Å². The van der Waals surface area contributed by atoms with E-state index < -0.39 is 28.9 Å². The van der Waals surface area contributed by atoms with Crippen molar-refractivity contribution in [2.75, 3.05) is 0 Å². The normalized spacial score (nSPS) is 11.5. The lowest BCUT2D eigenvalue weighted by Gasteiger charge is -2.15. The van der Waals surface area contributed by atoms with Crippen LogP contribution in [0, 0.1) is 0 Å². The Hall–Kier alpha value is -4.18. The van der Waals surface area contributed by atoms with Gasteiger partial charge in [0.05, 0.1) is 29.6 Å². The Morgan fingerprint density at radius 2 is 1.38 bits per heavy atom. The van der Waals surface area contributed by atoms with Crippen LogP contribution in [0.15, 0.2) is 82.4 Å². The molecular formula is C24H18F3N3O4. The molecule has 3 aromatic carbocycles. The summed E-state index contributed by atoms with van der Waals surface area (Å²) in [6.07, 6.45) is -4.49. The van der Waals surface area contributed by atoms with Gasteiger partial charge in [-0.1, -0.05) is 36.4 Å². The number of hydroxylamine groups is 1. The monoisotopic (exact) mass is 469 g/mol. The quantitative estimate of drug-likeness (QED) is 0.346. The van der Waals surface area contributed by atoms with E-state index in [1.165, 1.54) is 34.3 Å². The van der Waals surface area contributed by atoms with Gasteiger partial charge in [-0.25, -0.2) is 10.3 Å². The van der Waals surface area contributed by atoms with Crippen LogP contribution in [0.2, 0.25) is 0 Å². The van der Waals surface area contributed by atoms with Crippen molar-refractivity contribution in [3.05, 3.63) is 116 Å². The molecule has 0 bridgehead atoms. The third-order valence-electron chi connectivity index (χ3n) is 5.41. The molecule has 1 amide bonds. The first-order valence-corrected chi connectivity index (χ1v) is 10.1. The lowest BCUT2D eigenvalue weighted by Crippen LogP contribution is -2.40. The van der Waals surface area contributed by atoms with E-state index in [1.807, 2.05) is 0 Å². The van der Waals surface area contributed by atoms with E-state index in [0.717, 1.165) is 16.7 Å². The van der Waals surface area contributed by atoms with E-state index >= 15 is 0 Å². The number of aromatic nitrogens is 2. The number of nitrogens with one attached hydrogen (secondary N) is 1. The molecule has 1 aromatic heterocycles. The summed E-state index contributed by atoms with van der Waals surface area (Å²) in [6, 6.07) is 17.0. The highest BCUT2D eigenvalue weighted by atomic mass is 19.4. The summed E-state index contributed by atoms with van der Waals surface area (Å²) in [5, 5.41) is 9.03. The van der Waals surface area contributed by atoms with Crippen LogP contribution in [0.1, 0.15) is 27.0 Å². The number of amides is 1. The van der Waals surface area contributed by atoms with Gasteiger partial charge < -0.3 is 0 Å². The summed E-state index contributed by atoms with van der Waals surface area (Å²) < 4.78 is 40.9. The third kappa shape index (κ3) is 4.48. The maximum atomic E-state index is 13.3. The van der Waals surface area contributed by atoms with Gasteiger partial charge in [-0.3, -0.25) is 23.9 Å². The SMILES string of the molecule is O=C(NO)c1ccc(Cn2c(=O)n(Cc3ccc(C(F)(F)F)cc3)c(=O)c3ccccc32)cc1. The zero-order valence-electron chi connectivity index (χ0n) is 17.5. The Bertz CT molecular complexity index is 1470. The van der Waals surface area contributed by atoms with Gasteiger partial charge in [-0.05, 0) is 47.5 Å². The van der Waals surface area contributed by atoms with Gasteiger partial charge in [-0.15, -0.1) is 0 Å². The van der Waals surface area contributed by atoms with Crippen LogP contribution in [0.3, 0.4) is 0 Å². The number of hydrogen-bond donors (Lipinski definition) is 2. The molecule has 2 N–H and O–H groups in total. The second kappa shape index (κ2) is 8.99. The minimum Gasteiger partial charge on any atom is -0.289 e. The van der Waals surface area contributed by atoms with Crippen LogP contribution in [-0.4, -0.2) is 20.2 Å². The minimum atomic E-state index is -4.49. The number of hydrogen-bond acceptors (Lipinski definition) is 4. The number of carbonyl (C=O) groups is 1. The fourth-order valence-electron chi connectivity index (χ4n) is 3.65. The third-order valence-corrected chi connectivity index (χ3v) is 5.41. The number of halogens is 3. The number of carbonyl (C=O) groups excluding carboxylic acids is 1. The van der Waals surface area contributed by atoms with Gasteiger partial charge in [0, 0.05) is 5.56 Å². The molecule has 0 saturated carbocycles. The first-order valence-electron chi connectivity index (χ1n) is 10.1. The van der Waals surface area contributed by atoms with Crippen LogP contribution >= 0.6 is 0 Å². The average Bonchev–Trinajstić information content (AvgIpc) is 2.84. The first-order chi connectivity index (χ1) is 16.2. The highest BCUT2D eigenvalue weighted by molar-refractivity contribution is 5.93. The number of nitrogens with zero attached hydrogens (tertiary/aromatic N) is 2. The maximum absolute atomic E-state index is 13.3. The molecule has 1 heterocycles. The highest BCUT2D eigenvalue weighted by Gasteiger charge is 2.30. The van der Waals surface area contributed by atoms with Crippen LogP contribution in [0.4, 0.5) is 13.2 Å². The average molecular weight is 469 g/mol. The summed E-state index contributed by atoms with van der Waals surface area (Å²) >= 11 is 0. The van der Waals surface area contributed by atoms with Crippen LogP contribution < -0.4 is 16.7 Å². The molecule has 0 aliphatic heterocycles. The van der Waals surface area contributed by atoms with Crippen LogP contribution in [-0.2, 0) is 19.3 Å². The van der Waals surface area contributed by atoms with Gasteiger partial charge in [0.2, 0.25) is 0 Å². The number of alkyl halides is 3. The van der Waals surface area contributed by atoms with Crippen molar-refractivity contribution in [3.63, 3.8) is 0 Å². The molecule has 0 aliphatic carbocycles. The molecule has 4 aromatic rings. The molecule has 0 spiro atoms. The zero-order valence-corrected chi connectivity index (χ0v) is 17.5. The molecule has 0 atom stereocenters. The van der Waals surface area contributed by atoms with E-state index in [2.05, 4.69) is 0 Å². The second-order valence-corrected chi connectivity index (χ2v) is 7.61. The molecule has 0 saturated heterocycles. The Kier molecular flexibility index (Phi) is 6.08. The standard InChI is InChI=1S/C24H18F3N3O4/c25-24(26,27)18-11-7-16(8-12-18)14-30-22(32)19-3-1-2-4-20(19)29(23(30)33)13-15-5-9-17(10-6-15)21(31)28-34/h1-12,34H,13-14H2,(H,28,31). The summed E-state index contributed by atoms with van der Waals surface area (Å²) in [5.41, 5.74) is 1.19. The number of benzene rings is 3. The minimum absolute atomic E-state index is 0.0770. The van der Waals surface area contributed by atoms with Crippen molar-refractivity contribution >= 4 is 16.8 Å². The molecule has 0 fully saturated rings. The van der Waals surface area contributed by atoms with E-state index in [4.69, 9.17) is 5.21 Å². The molecule has 4 rings (SSSR count). The molecule has 0 unspecified atom stereocenters. The predicted molar refractivity (Wildman–Crippen MR) is 118 cm³/mol. The van der Waals surface area contributed by atoms with Crippen molar-refractivity contribution in [2.24, 2.45) is 0 Å². The lowest BCUT2D eigenvalue weighted by atomic mass is 10.1. The van der Waals surface area contributed by atoms with Gasteiger partial charge in [0.15, 0.2) is 0 Å². The molecule has 34 heavy (non-hydrogen) atoms. The zero-order chi connectivity index (χ0) is 24.5. The lowest BCUT2D eigenvalue weighted by molar-refractivity contribution is -0.137. The van der Waals surface area contributed by atoms with Gasteiger partial charge in [0.1, 0.15) is 0 Å². The summed E-state index contributed by atoms with van der Waals surface area (Å²) in [5.74, 6) is -0.681. The smallest absolute Gasteiger partial charge is 0.289 e. The van der Waals surface area contributed by atoms with Crippen molar-refractivity contribution in [2.45, 2.75) is 19.3 Å². The molecule has 174 valence electrons. The maximum Gasteiger partial charge on any atom is 0.416 e. The number of fused-ring (bicyclic) bond motifs is 1. The Morgan fingerprint density at radius 3 is 1.97 bits per heavy atom. The van der Waals surface area contributed by atoms with E-state index in [9.17, 15) is 27.6 Å². The molecule has 0 aliphatic rings. The molecule has 10 heteroatoms. The summed E-state index contributed by atoms with van der Waals surface area (Å²) in [7, 11) is 0. The summed E-state index contributed by atoms with van der Waals surface area (Å²) in [4.78, 5) is 37.9. The van der Waals surface area contributed by atoms with Crippen molar-refractivity contribution in [3.8, 4) is 0 Å². The van der Waals surface area contributed by atoms with Crippen molar-refractivity contribution in [1.82, 2.24) is 14.6 Å². The van der Waals surface area contributed by atoms with E-state index in [-0.39, 0.29) is 24.0 Å². The number of rotatable bonds is 5. The van der Waals surface area contributed by atoms with Crippen molar-refractivity contribution < 1.29 is 23.2 Å². The first kappa shape index (κ1) is 23.0. The summed E-state index contributed by atoms with van der Waals surface area (Å²) in [6.45, 7) is -0.121. The molecule has 0 radical (unpaired) electrons. The van der Waals surface area contributed by atoms with Gasteiger partial charge in [0.25, 0.3) is 11.5 Å². The fourth-order valence-corrected chi connectivity index (χ4v) is 3.65. The predicted octanol–water partition coefficient (Wildman–Crippen LogP) is 3.40. The van der Waals surface area contributed by atoms with Gasteiger partial charge in [-0.2, -0.15) is 13.2 Å². The van der Waals surface area contributed by atoms with Crippen LogP contribution in [0.5, 0.6) is 0 Å².